The van der Waals surface area contributed by atoms with E-state index in [1.807, 2.05) is 17.8 Å². The zero-order chi connectivity index (χ0) is 11.2. The molecule has 2 aliphatic rings. The minimum atomic E-state index is 0.113. The van der Waals surface area contributed by atoms with Gasteiger partial charge in [-0.1, -0.05) is 11.6 Å². The van der Waals surface area contributed by atoms with Crippen LogP contribution in [0.3, 0.4) is 0 Å². The van der Waals surface area contributed by atoms with Crippen LogP contribution in [0.4, 0.5) is 5.69 Å². The van der Waals surface area contributed by atoms with Gasteiger partial charge in [-0.25, -0.2) is 0 Å². The monoisotopic (exact) mass is 315 g/mol. The van der Waals surface area contributed by atoms with Crippen LogP contribution in [0.5, 0.6) is 0 Å². The quantitative estimate of drug-likeness (QED) is 0.682. The molecule has 3 rings (SSSR count). The molecule has 1 spiro atoms. The molecule has 0 saturated carbocycles. The molecule has 0 unspecified atom stereocenters. The van der Waals surface area contributed by atoms with Gasteiger partial charge in [-0.3, -0.25) is 4.99 Å². The second-order valence-electron chi connectivity index (χ2n) is 4.28. The first-order valence-electron chi connectivity index (χ1n) is 5.34. The lowest BCUT2D eigenvalue weighted by atomic mass is 9.77. The van der Waals surface area contributed by atoms with Gasteiger partial charge in [0.25, 0.3) is 0 Å². The van der Waals surface area contributed by atoms with Crippen LogP contribution in [0.25, 0.3) is 0 Å². The standard InChI is InChI=1S/C12H11BrClNS/c13-8-1-2-9-10(11(8)14)12(7-15-9)3-5-16-6-4-12/h1-2,7H,3-6H2. The molecule has 0 amide bonds. The first kappa shape index (κ1) is 11.1. The summed E-state index contributed by atoms with van der Waals surface area (Å²) in [7, 11) is 0. The number of nitrogens with zero attached hydrogens (tertiary/aromatic N) is 1. The summed E-state index contributed by atoms with van der Waals surface area (Å²) in [5.41, 5.74) is 2.41. The Morgan fingerprint density at radius 2 is 2.06 bits per heavy atom. The molecule has 2 aliphatic heterocycles. The average molecular weight is 317 g/mol. The summed E-state index contributed by atoms with van der Waals surface area (Å²) in [5, 5.41) is 0.849. The summed E-state index contributed by atoms with van der Waals surface area (Å²) in [6.45, 7) is 0. The Bertz CT molecular complexity index is 466. The van der Waals surface area contributed by atoms with Crippen molar-refractivity contribution in [3.05, 3.63) is 27.2 Å². The van der Waals surface area contributed by atoms with Gasteiger partial charge in [0, 0.05) is 21.7 Å². The molecule has 1 aromatic carbocycles. The highest BCUT2D eigenvalue weighted by atomic mass is 79.9. The molecule has 1 fully saturated rings. The number of thioether (sulfide) groups is 1. The molecule has 16 heavy (non-hydrogen) atoms. The molecule has 0 atom stereocenters. The van der Waals surface area contributed by atoms with E-state index in [2.05, 4.69) is 33.2 Å². The van der Waals surface area contributed by atoms with Crippen LogP contribution in [-0.4, -0.2) is 17.7 Å². The predicted octanol–water partition coefficient (Wildman–Crippen LogP) is 4.58. The minimum Gasteiger partial charge on any atom is -0.260 e. The van der Waals surface area contributed by atoms with E-state index >= 15 is 0 Å². The van der Waals surface area contributed by atoms with Crippen molar-refractivity contribution in [1.29, 1.82) is 0 Å². The van der Waals surface area contributed by atoms with Gasteiger partial charge in [0.15, 0.2) is 0 Å². The van der Waals surface area contributed by atoms with Gasteiger partial charge in [-0.05, 0) is 52.4 Å². The van der Waals surface area contributed by atoms with Crippen LogP contribution in [0, 0.1) is 0 Å². The fraction of sp³-hybridized carbons (Fsp3) is 0.417. The van der Waals surface area contributed by atoms with Gasteiger partial charge in [0.2, 0.25) is 0 Å². The van der Waals surface area contributed by atoms with E-state index in [-0.39, 0.29) is 5.41 Å². The average Bonchev–Trinajstić information content (AvgIpc) is 2.65. The van der Waals surface area contributed by atoms with Gasteiger partial charge >= 0.3 is 0 Å². The predicted molar refractivity (Wildman–Crippen MR) is 75.5 cm³/mol. The van der Waals surface area contributed by atoms with Gasteiger partial charge < -0.3 is 0 Å². The summed E-state index contributed by atoms with van der Waals surface area (Å²) >= 11 is 12.0. The summed E-state index contributed by atoms with van der Waals surface area (Å²) in [5.74, 6) is 2.41. The van der Waals surface area contributed by atoms with E-state index in [9.17, 15) is 0 Å². The first-order chi connectivity index (χ1) is 7.73. The van der Waals surface area contributed by atoms with Gasteiger partial charge in [0.1, 0.15) is 0 Å². The number of hydrogen-bond acceptors (Lipinski definition) is 2. The summed E-state index contributed by atoms with van der Waals surface area (Å²) in [6.07, 6.45) is 4.43. The van der Waals surface area contributed by atoms with Crippen molar-refractivity contribution in [2.45, 2.75) is 18.3 Å². The van der Waals surface area contributed by atoms with Crippen LogP contribution in [0.2, 0.25) is 5.02 Å². The Labute approximate surface area is 113 Å². The minimum absolute atomic E-state index is 0.113. The van der Waals surface area contributed by atoms with Crippen LogP contribution >= 0.6 is 39.3 Å². The number of benzene rings is 1. The normalized spacial score (nSPS) is 21.4. The Balaban J connectivity index is 2.16. The van der Waals surface area contributed by atoms with Gasteiger partial charge in [-0.15, -0.1) is 0 Å². The zero-order valence-corrected chi connectivity index (χ0v) is 11.8. The maximum Gasteiger partial charge on any atom is 0.0683 e. The Kier molecular flexibility index (Phi) is 2.81. The van der Waals surface area contributed by atoms with Crippen molar-refractivity contribution in [2.75, 3.05) is 11.5 Å². The van der Waals surface area contributed by atoms with E-state index in [1.54, 1.807) is 0 Å². The summed E-state index contributed by atoms with van der Waals surface area (Å²) in [6, 6.07) is 4.04. The third-order valence-electron chi connectivity index (χ3n) is 3.41. The van der Waals surface area contributed by atoms with Gasteiger partial charge in [0.05, 0.1) is 10.7 Å². The van der Waals surface area contributed by atoms with Crippen molar-refractivity contribution in [2.24, 2.45) is 4.99 Å². The molecule has 0 aliphatic carbocycles. The molecule has 0 radical (unpaired) electrons. The fourth-order valence-corrected chi connectivity index (χ4v) is 4.39. The number of hydrogen-bond donors (Lipinski definition) is 0. The zero-order valence-electron chi connectivity index (χ0n) is 8.67. The maximum absolute atomic E-state index is 6.43. The fourth-order valence-electron chi connectivity index (χ4n) is 2.49. The third kappa shape index (κ3) is 1.56. The number of fused-ring (bicyclic) bond motifs is 2. The SMILES string of the molecule is Clc1c(Br)ccc2c1C1(C=N2)CCSCC1. The van der Waals surface area contributed by atoms with Crippen molar-refractivity contribution < 1.29 is 0 Å². The van der Waals surface area contributed by atoms with Crippen molar-refractivity contribution >= 4 is 51.2 Å². The smallest absolute Gasteiger partial charge is 0.0683 e. The van der Waals surface area contributed by atoms with Crippen LogP contribution in [-0.2, 0) is 5.41 Å². The number of rotatable bonds is 0. The van der Waals surface area contributed by atoms with E-state index in [0.29, 0.717) is 0 Å². The van der Waals surface area contributed by atoms with Crippen LogP contribution < -0.4 is 0 Å². The Hall–Kier alpha value is 0.01000. The highest BCUT2D eigenvalue weighted by Gasteiger charge is 2.39. The van der Waals surface area contributed by atoms with Crippen molar-refractivity contribution in [3.63, 3.8) is 0 Å². The molecule has 4 heteroatoms. The lowest BCUT2D eigenvalue weighted by Crippen LogP contribution is -2.30. The third-order valence-corrected chi connectivity index (χ3v) is 5.67. The lowest BCUT2D eigenvalue weighted by molar-refractivity contribution is 0.551. The second-order valence-corrected chi connectivity index (χ2v) is 6.74. The summed E-state index contributed by atoms with van der Waals surface area (Å²) in [4.78, 5) is 4.54. The van der Waals surface area contributed by atoms with Gasteiger partial charge in [-0.2, -0.15) is 11.8 Å². The molecule has 0 bridgehead atoms. The molecular weight excluding hydrogens is 306 g/mol. The van der Waals surface area contributed by atoms with E-state index in [0.717, 1.165) is 28.0 Å². The molecular formula is C12H11BrClNS. The highest BCUT2D eigenvalue weighted by molar-refractivity contribution is 9.10. The maximum atomic E-state index is 6.43. The summed E-state index contributed by atoms with van der Waals surface area (Å²) < 4.78 is 0.982. The first-order valence-corrected chi connectivity index (χ1v) is 7.67. The Morgan fingerprint density at radius 3 is 2.81 bits per heavy atom. The van der Waals surface area contributed by atoms with Crippen molar-refractivity contribution in [1.82, 2.24) is 0 Å². The van der Waals surface area contributed by atoms with Crippen LogP contribution in [0.15, 0.2) is 21.6 Å². The number of aliphatic imine (C=N–C) groups is 1. The Morgan fingerprint density at radius 1 is 1.31 bits per heavy atom. The van der Waals surface area contributed by atoms with Crippen LogP contribution in [0.1, 0.15) is 18.4 Å². The van der Waals surface area contributed by atoms with E-state index in [4.69, 9.17) is 11.6 Å². The van der Waals surface area contributed by atoms with Crippen molar-refractivity contribution in [3.8, 4) is 0 Å². The molecule has 0 aromatic heterocycles. The highest BCUT2D eigenvalue weighted by Crippen LogP contribution is 2.49. The second kappa shape index (κ2) is 4.04. The molecule has 1 aromatic rings. The molecule has 1 saturated heterocycles. The molecule has 84 valence electrons. The largest absolute Gasteiger partial charge is 0.260 e. The molecule has 0 N–H and O–H groups in total. The lowest BCUT2D eigenvalue weighted by Gasteiger charge is -2.32. The van der Waals surface area contributed by atoms with E-state index in [1.165, 1.54) is 17.1 Å². The molecule has 1 nitrogen and oxygen atoms in total. The number of halogens is 2. The topological polar surface area (TPSA) is 12.4 Å². The van der Waals surface area contributed by atoms with E-state index < -0.39 is 0 Å². The molecule has 2 heterocycles.